The fourth-order valence-corrected chi connectivity index (χ4v) is 6.63. The van der Waals surface area contributed by atoms with E-state index in [1.54, 1.807) is 41.4 Å². The number of carbonyl (C=O) groups is 2. The van der Waals surface area contributed by atoms with Gasteiger partial charge in [-0.05, 0) is 43.0 Å². The van der Waals surface area contributed by atoms with Crippen molar-refractivity contribution in [2.24, 2.45) is 11.3 Å². The molecule has 2 fully saturated rings. The smallest absolute Gasteiger partial charge is 0.243 e. The van der Waals surface area contributed by atoms with E-state index in [0.29, 0.717) is 39.4 Å². The molecule has 4 rings (SSSR count). The molecule has 0 aliphatic carbocycles. The second-order valence-corrected chi connectivity index (χ2v) is 10.6. The molecule has 8 nitrogen and oxygen atoms in total. The summed E-state index contributed by atoms with van der Waals surface area (Å²) in [5, 5.41) is 0. The highest BCUT2D eigenvalue weighted by molar-refractivity contribution is 7.89. The zero-order valence-electron chi connectivity index (χ0n) is 17.8. The predicted octanol–water partition coefficient (Wildman–Crippen LogP) is 1.10. The second kappa shape index (κ2) is 7.62. The Bertz CT molecular complexity index is 979. The predicted molar refractivity (Wildman–Crippen MR) is 112 cm³/mol. The topological polar surface area (TPSA) is 87.2 Å². The van der Waals surface area contributed by atoms with Crippen LogP contribution in [-0.2, 0) is 30.8 Å². The number of hydrogen-bond acceptors (Lipinski definition) is 5. The normalized spacial score (nSPS) is 26.8. The van der Waals surface area contributed by atoms with Gasteiger partial charge >= 0.3 is 0 Å². The van der Waals surface area contributed by atoms with E-state index in [1.165, 1.54) is 0 Å². The van der Waals surface area contributed by atoms with Gasteiger partial charge in [0.1, 0.15) is 0 Å². The number of likely N-dealkylation sites (N-methyl/N-ethyl adjacent to an activating group) is 1. The lowest BCUT2D eigenvalue weighted by Gasteiger charge is -2.43. The summed E-state index contributed by atoms with van der Waals surface area (Å²) in [5.74, 6) is 0.0269. The monoisotopic (exact) mass is 435 g/mol. The number of hydrogen-bond donors (Lipinski definition) is 0. The number of sulfonamides is 1. The number of piperidine rings is 1. The summed E-state index contributed by atoms with van der Waals surface area (Å²) in [5.41, 5.74) is 1.23. The van der Waals surface area contributed by atoms with Crippen LogP contribution in [0, 0.1) is 11.3 Å². The van der Waals surface area contributed by atoms with Crippen molar-refractivity contribution in [3.63, 3.8) is 0 Å². The maximum absolute atomic E-state index is 13.5. The highest BCUT2D eigenvalue weighted by atomic mass is 32.2. The standard InChI is InChI=1S/C21H29N3O5S/c1-4-29-14-21-7-8-23(15(2)25)11-17(21)12-24(13-21)30(27,28)18-5-6-19-16(9-18)10-20(26)22(19)3/h5-6,9,17H,4,7-8,10-14H2,1-3H3/t17-,21+/m1/s1. The maximum atomic E-state index is 13.5. The Morgan fingerprint density at radius 3 is 2.77 bits per heavy atom. The van der Waals surface area contributed by atoms with Crippen molar-refractivity contribution in [2.45, 2.75) is 31.6 Å². The SMILES string of the molecule is CCOC[C@@]12CCN(C(C)=O)C[C@@H]1CN(S(=O)(=O)c1ccc3c(c1)CC(=O)N3C)C2. The van der Waals surface area contributed by atoms with Crippen LogP contribution in [0.2, 0.25) is 0 Å². The molecule has 2 amide bonds. The average molecular weight is 436 g/mol. The maximum Gasteiger partial charge on any atom is 0.243 e. The summed E-state index contributed by atoms with van der Waals surface area (Å²) < 4.78 is 34.3. The van der Waals surface area contributed by atoms with Crippen LogP contribution < -0.4 is 4.90 Å². The summed E-state index contributed by atoms with van der Waals surface area (Å²) in [4.78, 5) is 27.5. The number of likely N-dealkylation sites (tertiary alicyclic amines) is 1. The second-order valence-electron chi connectivity index (χ2n) is 8.63. The number of anilines is 1. The lowest BCUT2D eigenvalue weighted by molar-refractivity contribution is -0.133. The molecule has 0 radical (unpaired) electrons. The van der Waals surface area contributed by atoms with Crippen molar-refractivity contribution in [3.8, 4) is 0 Å². The Kier molecular flexibility index (Phi) is 5.40. The molecule has 1 aromatic rings. The van der Waals surface area contributed by atoms with E-state index in [0.717, 1.165) is 17.7 Å². The van der Waals surface area contributed by atoms with Crippen LogP contribution in [0.25, 0.3) is 0 Å². The molecule has 2 atom stereocenters. The highest BCUT2D eigenvalue weighted by Crippen LogP contribution is 2.45. The number of carbonyl (C=O) groups excluding carboxylic acids is 2. The third-order valence-corrected chi connectivity index (χ3v) is 8.71. The first-order chi connectivity index (χ1) is 14.2. The Morgan fingerprint density at radius 2 is 2.07 bits per heavy atom. The van der Waals surface area contributed by atoms with E-state index in [4.69, 9.17) is 4.74 Å². The Balaban J connectivity index is 1.62. The summed E-state index contributed by atoms with van der Waals surface area (Å²) in [6.45, 7) is 6.50. The lowest BCUT2D eigenvalue weighted by atomic mass is 9.73. The third kappa shape index (κ3) is 3.42. The Hall–Kier alpha value is -1.97. The summed E-state index contributed by atoms with van der Waals surface area (Å²) in [6.07, 6.45) is 0.951. The van der Waals surface area contributed by atoms with E-state index in [9.17, 15) is 18.0 Å². The van der Waals surface area contributed by atoms with Crippen LogP contribution in [0.15, 0.2) is 23.1 Å². The van der Waals surface area contributed by atoms with Crippen molar-refractivity contribution in [1.29, 1.82) is 0 Å². The molecular weight excluding hydrogens is 406 g/mol. The fourth-order valence-electron chi connectivity index (χ4n) is 5.00. The molecule has 3 aliphatic rings. The first-order valence-electron chi connectivity index (χ1n) is 10.4. The van der Waals surface area contributed by atoms with Gasteiger partial charge in [0.15, 0.2) is 0 Å². The van der Waals surface area contributed by atoms with Gasteiger partial charge in [0.05, 0.1) is 17.9 Å². The van der Waals surface area contributed by atoms with E-state index >= 15 is 0 Å². The van der Waals surface area contributed by atoms with Gasteiger partial charge in [0.2, 0.25) is 21.8 Å². The van der Waals surface area contributed by atoms with Gasteiger partial charge in [0.25, 0.3) is 0 Å². The zero-order chi connectivity index (χ0) is 21.7. The number of nitrogens with zero attached hydrogens (tertiary/aromatic N) is 3. The van der Waals surface area contributed by atoms with E-state index in [1.807, 2.05) is 11.8 Å². The minimum Gasteiger partial charge on any atom is -0.381 e. The molecule has 9 heteroatoms. The number of rotatable bonds is 5. The molecule has 0 unspecified atom stereocenters. The van der Waals surface area contributed by atoms with E-state index in [2.05, 4.69) is 0 Å². The van der Waals surface area contributed by atoms with Crippen LogP contribution in [0.4, 0.5) is 5.69 Å². The fraction of sp³-hybridized carbons (Fsp3) is 0.619. The third-order valence-electron chi connectivity index (χ3n) is 6.91. The molecule has 30 heavy (non-hydrogen) atoms. The molecule has 0 bridgehead atoms. The van der Waals surface area contributed by atoms with Crippen LogP contribution in [-0.4, -0.2) is 75.9 Å². The van der Waals surface area contributed by atoms with Gasteiger partial charge in [-0.15, -0.1) is 0 Å². The van der Waals surface area contributed by atoms with Gasteiger partial charge in [0, 0.05) is 57.9 Å². The van der Waals surface area contributed by atoms with Crippen LogP contribution in [0.1, 0.15) is 25.8 Å². The number of ether oxygens (including phenoxy) is 1. The van der Waals surface area contributed by atoms with Gasteiger partial charge in [-0.3, -0.25) is 9.59 Å². The lowest BCUT2D eigenvalue weighted by Crippen LogP contribution is -2.50. The molecule has 0 N–H and O–H groups in total. The molecule has 0 saturated carbocycles. The summed E-state index contributed by atoms with van der Waals surface area (Å²) in [6, 6.07) is 4.93. The molecule has 3 aliphatic heterocycles. The van der Waals surface area contributed by atoms with Crippen LogP contribution in [0.3, 0.4) is 0 Å². The largest absolute Gasteiger partial charge is 0.381 e. The minimum atomic E-state index is -3.71. The van der Waals surface area contributed by atoms with E-state index < -0.39 is 10.0 Å². The summed E-state index contributed by atoms with van der Waals surface area (Å²) in [7, 11) is -2.01. The Labute approximate surface area is 177 Å². The van der Waals surface area contributed by atoms with Crippen molar-refractivity contribution in [1.82, 2.24) is 9.21 Å². The first kappa shape index (κ1) is 21.3. The van der Waals surface area contributed by atoms with Crippen LogP contribution >= 0.6 is 0 Å². The number of amides is 2. The molecule has 164 valence electrons. The average Bonchev–Trinajstić information content (AvgIpc) is 3.24. The van der Waals surface area contributed by atoms with Gasteiger partial charge in [-0.1, -0.05) is 0 Å². The van der Waals surface area contributed by atoms with Crippen LogP contribution in [0.5, 0.6) is 0 Å². The van der Waals surface area contributed by atoms with Gasteiger partial charge in [-0.25, -0.2) is 8.42 Å². The van der Waals surface area contributed by atoms with Crippen molar-refractivity contribution in [3.05, 3.63) is 23.8 Å². The van der Waals surface area contributed by atoms with Gasteiger partial charge < -0.3 is 14.5 Å². The van der Waals surface area contributed by atoms with Crippen molar-refractivity contribution in [2.75, 3.05) is 51.3 Å². The Morgan fingerprint density at radius 1 is 1.30 bits per heavy atom. The van der Waals surface area contributed by atoms with Gasteiger partial charge in [-0.2, -0.15) is 4.31 Å². The molecule has 3 heterocycles. The molecular formula is C21H29N3O5S. The highest BCUT2D eigenvalue weighted by Gasteiger charge is 2.53. The first-order valence-corrected chi connectivity index (χ1v) is 11.8. The number of fused-ring (bicyclic) bond motifs is 2. The number of benzene rings is 1. The van der Waals surface area contributed by atoms with Crippen molar-refractivity contribution >= 4 is 27.5 Å². The molecule has 2 saturated heterocycles. The van der Waals surface area contributed by atoms with Crippen molar-refractivity contribution < 1.29 is 22.7 Å². The van der Waals surface area contributed by atoms with E-state index in [-0.39, 0.29) is 34.5 Å². The molecule has 0 aromatic heterocycles. The quantitative estimate of drug-likeness (QED) is 0.691. The zero-order valence-corrected chi connectivity index (χ0v) is 18.6. The minimum absolute atomic E-state index is 0.0220. The molecule has 0 spiro atoms. The molecule has 1 aromatic carbocycles. The summed E-state index contributed by atoms with van der Waals surface area (Å²) >= 11 is 0.